The summed E-state index contributed by atoms with van der Waals surface area (Å²) >= 11 is 0. The summed E-state index contributed by atoms with van der Waals surface area (Å²) < 4.78 is 20.0. The Hall–Kier alpha value is -5.23. The molecule has 0 amide bonds. The van der Waals surface area contributed by atoms with Gasteiger partial charge < -0.3 is 24.0 Å². The van der Waals surface area contributed by atoms with Crippen LogP contribution in [0, 0.1) is 0 Å². The van der Waals surface area contributed by atoms with E-state index in [2.05, 4.69) is 117 Å². The van der Waals surface area contributed by atoms with E-state index in [0.717, 1.165) is 71.8 Å². The average molecular weight is 653 g/mol. The number of fused-ring (bicyclic) bond motifs is 6. The molecular formula is C43H44N2O4. The molecule has 0 bridgehead atoms. The predicted molar refractivity (Wildman–Crippen MR) is 197 cm³/mol. The number of aryl methyl sites for hydroxylation is 2. The van der Waals surface area contributed by atoms with E-state index in [-0.39, 0.29) is 5.97 Å². The van der Waals surface area contributed by atoms with Crippen LogP contribution in [0.1, 0.15) is 79.2 Å². The van der Waals surface area contributed by atoms with Gasteiger partial charge in [-0.25, -0.2) is 4.79 Å². The summed E-state index contributed by atoms with van der Waals surface area (Å²) in [7, 11) is 0. The van der Waals surface area contributed by atoms with Crippen molar-refractivity contribution >= 4 is 28.7 Å². The fourth-order valence-electron chi connectivity index (χ4n) is 7.15. The van der Waals surface area contributed by atoms with Gasteiger partial charge in [-0.05, 0) is 92.8 Å². The fourth-order valence-corrected chi connectivity index (χ4v) is 7.15. The largest absolute Gasteiger partial charge is 0.491 e. The van der Waals surface area contributed by atoms with Crippen LogP contribution >= 0.6 is 0 Å². The second-order valence-corrected chi connectivity index (χ2v) is 12.6. The van der Waals surface area contributed by atoms with Crippen molar-refractivity contribution < 1.29 is 19.0 Å². The lowest BCUT2D eigenvalue weighted by molar-refractivity contribution is 0.0224. The van der Waals surface area contributed by atoms with Gasteiger partial charge in [-0.1, -0.05) is 63.2 Å². The Kier molecular flexibility index (Phi) is 8.81. The second kappa shape index (κ2) is 13.3. The van der Waals surface area contributed by atoms with Gasteiger partial charge in [-0.15, -0.1) is 0 Å². The number of anilines is 4. The molecule has 0 saturated carbocycles. The first-order valence-corrected chi connectivity index (χ1v) is 17.6. The van der Waals surface area contributed by atoms with Crippen LogP contribution in [-0.4, -0.2) is 25.7 Å². The van der Waals surface area contributed by atoms with Crippen molar-refractivity contribution in [2.24, 2.45) is 0 Å². The van der Waals surface area contributed by atoms with Crippen LogP contribution in [-0.2, 0) is 23.2 Å². The number of ether oxygens (including phenoxy) is 3. The number of esters is 1. The number of carbonyl (C=O) groups excluding carboxylic acids is 1. The van der Waals surface area contributed by atoms with Crippen LogP contribution in [0.5, 0.6) is 17.2 Å². The van der Waals surface area contributed by atoms with E-state index in [1.165, 1.54) is 11.1 Å². The second-order valence-electron chi connectivity index (χ2n) is 12.6. The van der Waals surface area contributed by atoms with E-state index in [1.807, 2.05) is 30.3 Å². The molecule has 6 heteroatoms. The molecule has 0 aliphatic carbocycles. The van der Waals surface area contributed by atoms with Crippen molar-refractivity contribution in [2.75, 3.05) is 29.5 Å². The molecule has 1 spiro atoms. The van der Waals surface area contributed by atoms with Gasteiger partial charge in [-0.2, -0.15) is 0 Å². The summed E-state index contributed by atoms with van der Waals surface area (Å²) in [6.07, 6.45) is 2.75. The minimum Gasteiger partial charge on any atom is -0.491 e. The Balaban J connectivity index is 1.51. The van der Waals surface area contributed by atoms with Gasteiger partial charge in [0.05, 0.1) is 17.9 Å². The predicted octanol–water partition coefficient (Wildman–Crippen LogP) is 10.5. The number of carbonyl (C=O) groups is 1. The minimum atomic E-state index is -1.21. The van der Waals surface area contributed by atoms with Crippen molar-refractivity contribution in [1.82, 2.24) is 0 Å². The summed E-state index contributed by atoms with van der Waals surface area (Å²) in [5, 5.41) is 0. The van der Waals surface area contributed by atoms with Gasteiger partial charge in [0.1, 0.15) is 17.2 Å². The molecular weight excluding hydrogens is 608 g/mol. The molecule has 7 rings (SSSR count). The van der Waals surface area contributed by atoms with E-state index in [9.17, 15) is 4.79 Å². The summed E-state index contributed by atoms with van der Waals surface area (Å²) in [4.78, 5) is 18.2. The standard InChI is InChI=1S/C43H44N2O4/c1-6-25-47-41-28-40-37(27-38(41)45(31-19-15-29(7-2)16-20-31)32-21-17-30(8-3)18-22-32)43(35-14-12-11-13-34(35)42(46)49-43)36-24-23-33(26-39(36)48-40)44(9-4)10-5/h11-24,26-28H,6-10,25H2,1-5H3. The maximum Gasteiger partial charge on any atom is 0.340 e. The Bertz CT molecular complexity index is 1930. The number of benzene rings is 5. The van der Waals surface area contributed by atoms with Crippen LogP contribution in [0.25, 0.3) is 0 Å². The van der Waals surface area contributed by atoms with Crippen LogP contribution in [0.2, 0.25) is 0 Å². The van der Waals surface area contributed by atoms with Crippen LogP contribution < -0.4 is 19.3 Å². The Morgan fingerprint density at radius 1 is 0.653 bits per heavy atom. The molecule has 49 heavy (non-hydrogen) atoms. The SMILES string of the molecule is CCCOc1cc2c(cc1N(c1ccc(CC)cc1)c1ccc(CC)cc1)C1(OC(=O)c3ccccc31)c1ccc(N(CC)CC)cc1O2. The highest BCUT2D eigenvalue weighted by molar-refractivity contribution is 5.97. The molecule has 6 nitrogen and oxygen atoms in total. The molecule has 1 unspecified atom stereocenters. The number of hydrogen-bond donors (Lipinski definition) is 0. The van der Waals surface area contributed by atoms with Crippen molar-refractivity contribution in [3.8, 4) is 17.2 Å². The molecule has 1 atom stereocenters. The monoisotopic (exact) mass is 652 g/mol. The molecule has 0 N–H and O–H groups in total. The normalized spacial score (nSPS) is 15.6. The smallest absolute Gasteiger partial charge is 0.340 e. The van der Waals surface area contributed by atoms with Crippen LogP contribution in [0.4, 0.5) is 22.7 Å². The molecule has 5 aromatic rings. The van der Waals surface area contributed by atoms with E-state index in [0.29, 0.717) is 29.4 Å². The topological polar surface area (TPSA) is 51.2 Å². The van der Waals surface area contributed by atoms with Crippen molar-refractivity contribution in [3.05, 3.63) is 137 Å². The lowest BCUT2D eigenvalue weighted by Crippen LogP contribution is -2.33. The van der Waals surface area contributed by atoms with Crippen LogP contribution in [0.3, 0.4) is 0 Å². The first kappa shape index (κ1) is 32.3. The molecule has 0 radical (unpaired) electrons. The van der Waals surface area contributed by atoms with Crippen molar-refractivity contribution in [1.29, 1.82) is 0 Å². The zero-order chi connectivity index (χ0) is 34.1. The van der Waals surface area contributed by atoms with Crippen LogP contribution in [0.15, 0.2) is 103 Å². The zero-order valence-electron chi connectivity index (χ0n) is 29.1. The van der Waals surface area contributed by atoms with E-state index >= 15 is 0 Å². The third-order valence-corrected chi connectivity index (χ3v) is 9.81. The lowest BCUT2D eigenvalue weighted by atomic mass is 9.77. The number of nitrogens with zero attached hydrogens (tertiary/aromatic N) is 2. The van der Waals surface area contributed by atoms with Crippen molar-refractivity contribution in [3.63, 3.8) is 0 Å². The first-order chi connectivity index (χ1) is 23.9. The zero-order valence-corrected chi connectivity index (χ0v) is 29.1. The highest BCUT2D eigenvalue weighted by Crippen LogP contribution is 2.59. The minimum absolute atomic E-state index is 0.350. The molecule has 250 valence electrons. The summed E-state index contributed by atoms with van der Waals surface area (Å²) in [6, 6.07) is 35.4. The van der Waals surface area contributed by atoms with Gasteiger partial charge in [-0.3, -0.25) is 0 Å². The average Bonchev–Trinajstić information content (AvgIpc) is 3.44. The van der Waals surface area contributed by atoms with Gasteiger partial charge in [0.25, 0.3) is 0 Å². The molecule has 0 fully saturated rings. The van der Waals surface area contributed by atoms with Crippen molar-refractivity contribution in [2.45, 2.75) is 59.5 Å². The first-order valence-electron chi connectivity index (χ1n) is 17.6. The summed E-state index contributed by atoms with van der Waals surface area (Å²) in [6.45, 7) is 13.0. The van der Waals surface area contributed by atoms with Gasteiger partial charge in [0, 0.05) is 59.0 Å². The molecule has 0 aromatic heterocycles. The maximum absolute atomic E-state index is 13.7. The lowest BCUT2D eigenvalue weighted by Gasteiger charge is -2.38. The molecule has 2 aliphatic rings. The Morgan fingerprint density at radius 3 is 1.88 bits per heavy atom. The number of rotatable bonds is 11. The third kappa shape index (κ3) is 5.49. The summed E-state index contributed by atoms with van der Waals surface area (Å²) in [5.74, 6) is 1.61. The Morgan fingerprint density at radius 2 is 1.27 bits per heavy atom. The van der Waals surface area contributed by atoms with E-state index in [1.54, 1.807) is 0 Å². The molecule has 2 heterocycles. The Labute approximate surface area is 289 Å². The van der Waals surface area contributed by atoms with E-state index < -0.39 is 5.60 Å². The molecule has 5 aromatic carbocycles. The molecule has 0 saturated heterocycles. The van der Waals surface area contributed by atoms with Gasteiger partial charge >= 0.3 is 5.97 Å². The quantitative estimate of drug-likeness (QED) is 0.132. The fraction of sp³-hybridized carbons (Fsp3) is 0.279. The maximum atomic E-state index is 13.7. The van der Waals surface area contributed by atoms with Gasteiger partial charge in [0.2, 0.25) is 0 Å². The highest BCUT2D eigenvalue weighted by Gasteiger charge is 2.54. The third-order valence-electron chi connectivity index (χ3n) is 9.81. The summed E-state index contributed by atoms with van der Waals surface area (Å²) in [5.41, 5.74) is 8.14. The highest BCUT2D eigenvalue weighted by atomic mass is 16.6. The molecule has 2 aliphatic heterocycles. The van der Waals surface area contributed by atoms with E-state index in [4.69, 9.17) is 14.2 Å². The van der Waals surface area contributed by atoms with Gasteiger partial charge in [0.15, 0.2) is 5.60 Å². The number of hydrogen-bond acceptors (Lipinski definition) is 6.